The molecular weight excluding hydrogens is 236 g/mol. The molecule has 1 fully saturated rings. The predicted octanol–water partition coefficient (Wildman–Crippen LogP) is 1.84. The van der Waals surface area contributed by atoms with E-state index in [1.165, 1.54) is 13.8 Å². The number of epoxide rings is 1. The van der Waals surface area contributed by atoms with Crippen molar-refractivity contribution in [1.29, 1.82) is 0 Å². The predicted molar refractivity (Wildman–Crippen MR) is 61.8 cm³/mol. The molecule has 0 bridgehead atoms. The van der Waals surface area contributed by atoms with Crippen molar-refractivity contribution in [2.75, 3.05) is 0 Å². The van der Waals surface area contributed by atoms with Crippen LogP contribution in [-0.4, -0.2) is 17.9 Å². The lowest BCUT2D eigenvalue weighted by Crippen LogP contribution is -2.25. The Bertz CT molecular complexity index is 487. The van der Waals surface area contributed by atoms with Crippen LogP contribution in [-0.2, 0) is 23.8 Å². The summed E-state index contributed by atoms with van der Waals surface area (Å²) in [6, 6.07) is 9.28. The molecule has 5 heteroatoms. The smallest absolute Gasteiger partial charge is 0.406 e. The summed E-state index contributed by atoms with van der Waals surface area (Å²) in [5, 5.41) is 0. The highest BCUT2D eigenvalue weighted by Crippen LogP contribution is 2.44. The molecule has 0 amide bonds. The number of carbonyl (C=O) groups is 2. The van der Waals surface area contributed by atoms with Gasteiger partial charge in [-0.15, -0.1) is 0 Å². The van der Waals surface area contributed by atoms with Gasteiger partial charge < -0.3 is 14.2 Å². The van der Waals surface area contributed by atoms with E-state index in [2.05, 4.69) is 0 Å². The summed E-state index contributed by atoms with van der Waals surface area (Å²) in [6.07, 6.45) is 1.64. The minimum Gasteiger partial charge on any atom is -0.406 e. The third-order valence-electron chi connectivity index (χ3n) is 2.16. The molecule has 1 aromatic rings. The standard InChI is InChI=1S/C13H12O5/c1-9(14)16-13(17-10(2)15)12(18-13)8-11-6-4-3-5-7-11/h3-8H,1-2H3. The van der Waals surface area contributed by atoms with Crippen LogP contribution in [0.1, 0.15) is 19.4 Å². The Hall–Kier alpha value is -2.30. The SMILES string of the molecule is CC(=O)OC1(OC(C)=O)OC1=Cc1ccccc1. The fourth-order valence-corrected chi connectivity index (χ4v) is 1.48. The zero-order chi connectivity index (χ0) is 13.2. The first kappa shape index (κ1) is 12.2. The van der Waals surface area contributed by atoms with Crippen molar-refractivity contribution in [3.05, 3.63) is 41.7 Å². The van der Waals surface area contributed by atoms with Gasteiger partial charge in [0.15, 0.2) is 0 Å². The minimum atomic E-state index is -1.67. The summed E-state index contributed by atoms with van der Waals surface area (Å²) in [5.41, 5.74) is 0.855. The van der Waals surface area contributed by atoms with Gasteiger partial charge in [0, 0.05) is 13.8 Å². The average Bonchev–Trinajstić information content (AvgIpc) is 2.89. The normalized spacial score (nSPS) is 17.8. The molecular formula is C13H12O5. The van der Waals surface area contributed by atoms with E-state index in [-0.39, 0.29) is 0 Å². The molecule has 0 radical (unpaired) electrons. The minimum absolute atomic E-state index is 0.291. The Morgan fingerprint density at radius 1 is 1.11 bits per heavy atom. The second-order valence-corrected chi connectivity index (χ2v) is 3.76. The third-order valence-corrected chi connectivity index (χ3v) is 2.16. The lowest BCUT2D eigenvalue weighted by atomic mass is 10.2. The van der Waals surface area contributed by atoms with Gasteiger partial charge in [-0.3, -0.25) is 9.59 Å². The van der Waals surface area contributed by atoms with Gasteiger partial charge in [-0.05, 0) is 11.6 Å². The molecule has 0 spiro atoms. The first-order valence-corrected chi connectivity index (χ1v) is 5.37. The van der Waals surface area contributed by atoms with Crippen molar-refractivity contribution in [2.24, 2.45) is 0 Å². The van der Waals surface area contributed by atoms with Crippen LogP contribution in [0.2, 0.25) is 0 Å². The Labute approximate surface area is 104 Å². The number of ether oxygens (including phenoxy) is 3. The van der Waals surface area contributed by atoms with Crippen molar-refractivity contribution in [2.45, 2.75) is 19.8 Å². The van der Waals surface area contributed by atoms with Gasteiger partial charge in [0.1, 0.15) is 0 Å². The molecule has 1 aliphatic rings. The highest BCUT2D eigenvalue weighted by molar-refractivity contribution is 5.71. The van der Waals surface area contributed by atoms with Gasteiger partial charge in [-0.25, -0.2) is 0 Å². The van der Waals surface area contributed by atoms with E-state index in [0.29, 0.717) is 5.76 Å². The molecule has 5 nitrogen and oxygen atoms in total. The highest BCUT2D eigenvalue weighted by atomic mass is 17.0. The van der Waals surface area contributed by atoms with E-state index in [9.17, 15) is 9.59 Å². The molecule has 2 rings (SSSR count). The van der Waals surface area contributed by atoms with Crippen LogP contribution in [0.4, 0.5) is 0 Å². The number of hydrogen-bond donors (Lipinski definition) is 0. The zero-order valence-electron chi connectivity index (χ0n) is 10.0. The van der Waals surface area contributed by atoms with Gasteiger partial charge in [-0.2, -0.15) is 0 Å². The van der Waals surface area contributed by atoms with Crippen LogP contribution < -0.4 is 0 Å². The number of esters is 2. The van der Waals surface area contributed by atoms with E-state index in [0.717, 1.165) is 5.56 Å². The van der Waals surface area contributed by atoms with Crippen LogP contribution in [0, 0.1) is 0 Å². The summed E-state index contributed by atoms with van der Waals surface area (Å²) in [6.45, 7) is 2.43. The maximum absolute atomic E-state index is 11.0. The molecule has 0 aliphatic carbocycles. The van der Waals surface area contributed by atoms with Crippen LogP contribution in [0.15, 0.2) is 36.1 Å². The van der Waals surface area contributed by atoms with E-state index in [1.54, 1.807) is 6.08 Å². The number of hydrogen-bond acceptors (Lipinski definition) is 5. The van der Waals surface area contributed by atoms with Crippen LogP contribution in [0.25, 0.3) is 6.08 Å². The first-order chi connectivity index (χ1) is 8.52. The number of benzene rings is 1. The summed E-state index contributed by atoms with van der Waals surface area (Å²) < 4.78 is 14.8. The number of rotatable bonds is 3. The van der Waals surface area contributed by atoms with Crippen LogP contribution in [0.3, 0.4) is 0 Å². The molecule has 0 aromatic heterocycles. The molecule has 1 aliphatic heterocycles. The van der Waals surface area contributed by atoms with Gasteiger partial charge in [-0.1, -0.05) is 30.3 Å². The Morgan fingerprint density at radius 2 is 1.67 bits per heavy atom. The molecule has 0 atom stereocenters. The lowest BCUT2D eigenvalue weighted by Gasteiger charge is -2.08. The Balaban J connectivity index is 2.19. The van der Waals surface area contributed by atoms with Crippen molar-refractivity contribution in [3.8, 4) is 0 Å². The van der Waals surface area contributed by atoms with E-state index < -0.39 is 17.9 Å². The van der Waals surface area contributed by atoms with Gasteiger partial charge in [0.25, 0.3) is 0 Å². The third kappa shape index (κ3) is 2.68. The average molecular weight is 248 g/mol. The highest BCUT2D eigenvalue weighted by Gasteiger charge is 2.62. The monoisotopic (exact) mass is 248 g/mol. The van der Waals surface area contributed by atoms with E-state index in [1.807, 2.05) is 30.3 Å². The van der Waals surface area contributed by atoms with E-state index >= 15 is 0 Å². The van der Waals surface area contributed by atoms with Crippen molar-refractivity contribution in [1.82, 2.24) is 0 Å². The summed E-state index contributed by atoms with van der Waals surface area (Å²) in [7, 11) is 0. The van der Waals surface area contributed by atoms with Crippen LogP contribution >= 0.6 is 0 Å². The molecule has 1 saturated heterocycles. The maximum atomic E-state index is 11.0. The molecule has 94 valence electrons. The molecule has 1 heterocycles. The zero-order valence-corrected chi connectivity index (χ0v) is 10.0. The molecule has 18 heavy (non-hydrogen) atoms. The van der Waals surface area contributed by atoms with Gasteiger partial charge in [0.05, 0.1) is 0 Å². The van der Waals surface area contributed by atoms with Crippen molar-refractivity contribution >= 4 is 18.0 Å². The van der Waals surface area contributed by atoms with Crippen molar-refractivity contribution < 1.29 is 23.8 Å². The number of carbonyl (C=O) groups excluding carboxylic acids is 2. The molecule has 0 saturated carbocycles. The summed E-state index contributed by atoms with van der Waals surface area (Å²) >= 11 is 0. The fourth-order valence-electron chi connectivity index (χ4n) is 1.48. The molecule has 0 N–H and O–H groups in total. The second-order valence-electron chi connectivity index (χ2n) is 3.76. The summed E-state index contributed by atoms with van der Waals surface area (Å²) in [4.78, 5) is 21.9. The van der Waals surface area contributed by atoms with Gasteiger partial charge in [0.2, 0.25) is 5.76 Å². The van der Waals surface area contributed by atoms with Gasteiger partial charge >= 0.3 is 17.9 Å². The van der Waals surface area contributed by atoms with E-state index in [4.69, 9.17) is 14.2 Å². The Morgan fingerprint density at radius 3 is 2.17 bits per heavy atom. The molecule has 0 unspecified atom stereocenters. The topological polar surface area (TPSA) is 65.1 Å². The largest absolute Gasteiger partial charge is 0.486 e. The second kappa shape index (κ2) is 4.52. The first-order valence-electron chi connectivity index (χ1n) is 5.37. The fraction of sp³-hybridized carbons (Fsp3) is 0.231. The maximum Gasteiger partial charge on any atom is 0.486 e. The quantitative estimate of drug-likeness (QED) is 0.464. The molecule has 1 aromatic carbocycles. The lowest BCUT2D eigenvalue weighted by molar-refractivity contribution is -0.219. The van der Waals surface area contributed by atoms with Crippen molar-refractivity contribution in [3.63, 3.8) is 0 Å². The summed E-state index contributed by atoms with van der Waals surface area (Å²) in [5.74, 6) is -2.56. The van der Waals surface area contributed by atoms with Crippen LogP contribution in [0.5, 0.6) is 0 Å². The Kier molecular flexibility index (Phi) is 3.06.